The van der Waals surface area contributed by atoms with Crippen LogP contribution in [0.4, 0.5) is 5.82 Å². The third-order valence-corrected chi connectivity index (χ3v) is 2.23. The fourth-order valence-corrected chi connectivity index (χ4v) is 1.44. The van der Waals surface area contributed by atoms with Gasteiger partial charge in [0.05, 0.1) is 0 Å². The average Bonchev–Trinajstić information content (AvgIpc) is 2.76. The molecule has 0 aromatic carbocycles. The minimum Gasteiger partial charge on any atom is -0.458 e. The van der Waals surface area contributed by atoms with Crippen molar-refractivity contribution in [2.24, 2.45) is 5.84 Å². The highest BCUT2D eigenvalue weighted by atomic mass is 16.3. The van der Waals surface area contributed by atoms with E-state index in [4.69, 9.17) is 10.3 Å². The molecule has 0 aliphatic carbocycles. The number of aryl methyl sites for hydroxylation is 2. The van der Waals surface area contributed by atoms with Gasteiger partial charge in [-0.25, -0.2) is 15.8 Å². The summed E-state index contributed by atoms with van der Waals surface area (Å²) in [5.74, 6) is 8.04. The summed E-state index contributed by atoms with van der Waals surface area (Å²) in [6, 6.07) is 5.57. The Morgan fingerprint density at radius 3 is 2.81 bits per heavy atom. The Hall–Kier alpha value is -1.88. The monoisotopic (exact) mass is 218 g/mol. The number of nitrogens with zero attached hydrogens (tertiary/aromatic N) is 2. The minimum absolute atomic E-state index is 0.549. The molecular formula is C11H14N4O. The van der Waals surface area contributed by atoms with Crippen molar-refractivity contribution in [3.05, 3.63) is 29.7 Å². The van der Waals surface area contributed by atoms with Crippen LogP contribution in [0.5, 0.6) is 0 Å². The fourth-order valence-electron chi connectivity index (χ4n) is 1.44. The van der Waals surface area contributed by atoms with Gasteiger partial charge < -0.3 is 9.84 Å². The van der Waals surface area contributed by atoms with Crippen molar-refractivity contribution in [1.82, 2.24) is 9.97 Å². The van der Waals surface area contributed by atoms with Gasteiger partial charge in [0.15, 0.2) is 11.6 Å². The van der Waals surface area contributed by atoms with Crippen LogP contribution in [-0.4, -0.2) is 9.97 Å². The first-order valence-electron chi connectivity index (χ1n) is 5.14. The molecule has 3 N–H and O–H groups in total. The summed E-state index contributed by atoms with van der Waals surface area (Å²) in [7, 11) is 0. The summed E-state index contributed by atoms with van der Waals surface area (Å²) in [6.07, 6.45) is 0.855. The molecule has 84 valence electrons. The maximum absolute atomic E-state index is 5.58. The number of furan rings is 1. The second-order valence-corrected chi connectivity index (χ2v) is 3.48. The quantitative estimate of drug-likeness (QED) is 0.607. The molecule has 0 spiro atoms. The molecule has 5 heteroatoms. The lowest BCUT2D eigenvalue weighted by Crippen LogP contribution is -2.09. The van der Waals surface area contributed by atoms with Crippen LogP contribution in [0, 0.1) is 6.92 Å². The number of anilines is 1. The van der Waals surface area contributed by atoms with E-state index in [1.807, 2.05) is 26.0 Å². The van der Waals surface area contributed by atoms with Gasteiger partial charge in [0.2, 0.25) is 0 Å². The number of nitrogens with one attached hydrogen (secondary N) is 1. The lowest BCUT2D eigenvalue weighted by atomic mass is 10.3. The Labute approximate surface area is 93.7 Å². The van der Waals surface area contributed by atoms with Crippen molar-refractivity contribution in [2.45, 2.75) is 20.3 Å². The van der Waals surface area contributed by atoms with Gasteiger partial charge >= 0.3 is 0 Å². The number of nitrogen functional groups attached to an aromatic ring is 1. The van der Waals surface area contributed by atoms with Gasteiger partial charge in [-0.3, -0.25) is 0 Å². The number of nitrogens with two attached hydrogens (primary N) is 1. The van der Waals surface area contributed by atoms with E-state index in [9.17, 15) is 0 Å². The molecule has 0 fully saturated rings. The SMILES string of the molecule is CCc1ccc(-c2nc(C)cc(NN)n2)o1. The van der Waals surface area contributed by atoms with Gasteiger partial charge in [-0.2, -0.15) is 0 Å². The van der Waals surface area contributed by atoms with E-state index in [0.717, 1.165) is 17.9 Å². The molecule has 0 amide bonds. The third-order valence-electron chi connectivity index (χ3n) is 2.23. The van der Waals surface area contributed by atoms with Gasteiger partial charge in [-0.1, -0.05) is 6.92 Å². The summed E-state index contributed by atoms with van der Waals surface area (Å²) in [5.41, 5.74) is 3.35. The highest BCUT2D eigenvalue weighted by Crippen LogP contribution is 2.20. The number of hydrogen-bond donors (Lipinski definition) is 2. The Morgan fingerprint density at radius 2 is 2.19 bits per heavy atom. The first kappa shape index (κ1) is 10.6. The predicted molar refractivity (Wildman–Crippen MR) is 61.7 cm³/mol. The molecule has 0 saturated carbocycles. The molecular weight excluding hydrogens is 204 g/mol. The van der Waals surface area contributed by atoms with E-state index in [2.05, 4.69) is 15.4 Å². The number of hydrogen-bond acceptors (Lipinski definition) is 5. The van der Waals surface area contributed by atoms with E-state index in [1.54, 1.807) is 6.07 Å². The minimum atomic E-state index is 0.549. The van der Waals surface area contributed by atoms with Crippen LogP contribution in [0.25, 0.3) is 11.6 Å². The topological polar surface area (TPSA) is 77.0 Å². The second-order valence-electron chi connectivity index (χ2n) is 3.48. The first-order chi connectivity index (χ1) is 7.72. The van der Waals surface area contributed by atoms with Crippen LogP contribution >= 0.6 is 0 Å². The van der Waals surface area contributed by atoms with Crippen LogP contribution in [-0.2, 0) is 6.42 Å². The van der Waals surface area contributed by atoms with Gasteiger partial charge in [0.25, 0.3) is 0 Å². The smallest absolute Gasteiger partial charge is 0.197 e. The molecule has 0 atom stereocenters. The lowest BCUT2D eigenvalue weighted by molar-refractivity contribution is 0.525. The third kappa shape index (κ3) is 2.04. The summed E-state index contributed by atoms with van der Waals surface area (Å²) in [6.45, 7) is 3.92. The Bertz CT molecular complexity index is 492. The number of hydrazine groups is 1. The zero-order valence-electron chi connectivity index (χ0n) is 9.32. The molecule has 16 heavy (non-hydrogen) atoms. The molecule has 2 aromatic rings. The summed E-state index contributed by atoms with van der Waals surface area (Å²) in [5, 5.41) is 0. The molecule has 0 saturated heterocycles. The van der Waals surface area contributed by atoms with Gasteiger partial charge in [0.1, 0.15) is 11.6 Å². The fraction of sp³-hybridized carbons (Fsp3) is 0.273. The van der Waals surface area contributed by atoms with Crippen LogP contribution in [0.2, 0.25) is 0 Å². The van der Waals surface area contributed by atoms with Crippen LogP contribution in [0.15, 0.2) is 22.6 Å². The normalized spacial score (nSPS) is 10.4. The standard InChI is InChI=1S/C11H14N4O/c1-3-8-4-5-9(16-8)11-13-7(2)6-10(14-11)15-12/h4-6H,3,12H2,1-2H3,(H,13,14,15). The van der Waals surface area contributed by atoms with Crippen molar-refractivity contribution < 1.29 is 4.42 Å². The van der Waals surface area contributed by atoms with Crippen LogP contribution in [0.1, 0.15) is 18.4 Å². The molecule has 0 unspecified atom stereocenters. The summed E-state index contributed by atoms with van der Waals surface area (Å²) < 4.78 is 5.58. The molecule has 5 nitrogen and oxygen atoms in total. The maximum atomic E-state index is 5.58. The number of aromatic nitrogens is 2. The van der Waals surface area contributed by atoms with Gasteiger partial charge in [0, 0.05) is 18.2 Å². The van der Waals surface area contributed by atoms with Crippen molar-refractivity contribution in [3.63, 3.8) is 0 Å². The van der Waals surface area contributed by atoms with Crippen molar-refractivity contribution in [3.8, 4) is 11.6 Å². The van der Waals surface area contributed by atoms with Crippen molar-refractivity contribution in [1.29, 1.82) is 0 Å². The first-order valence-corrected chi connectivity index (χ1v) is 5.14. The van der Waals surface area contributed by atoms with E-state index in [1.165, 1.54) is 0 Å². The van der Waals surface area contributed by atoms with Crippen LogP contribution in [0.3, 0.4) is 0 Å². The van der Waals surface area contributed by atoms with Crippen molar-refractivity contribution in [2.75, 3.05) is 5.43 Å². The summed E-state index contributed by atoms with van der Waals surface area (Å²) >= 11 is 0. The zero-order valence-corrected chi connectivity index (χ0v) is 9.32. The van der Waals surface area contributed by atoms with E-state index >= 15 is 0 Å². The Balaban J connectivity index is 2.42. The van der Waals surface area contributed by atoms with Gasteiger partial charge in [-0.05, 0) is 19.1 Å². The molecule has 0 radical (unpaired) electrons. The molecule has 0 aliphatic heterocycles. The second kappa shape index (κ2) is 4.32. The molecule has 2 heterocycles. The highest BCUT2D eigenvalue weighted by Gasteiger charge is 2.08. The Kier molecular flexibility index (Phi) is 2.87. The molecule has 2 rings (SSSR count). The molecule has 2 aromatic heterocycles. The molecule has 0 bridgehead atoms. The van der Waals surface area contributed by atoms with Crippen molar-refractivity contribution >= 4 is 5.82 Å². The summed E-state index contributed by atoms with van der Waals surface area (Å²) in [4.78, 5) is 8.53. The Morgan fingerprint density at radius 1 is 1.38 bits per heavy atom. The lowest BCUT2D eigenvalue weighted by Gasteiger charge is -2.02. The number of rotatable bonds is 3. The predicted octanol–water partition coefficient (Wildman–Crippen LogP) is 1.89. The zero-order chi connectivity index (χ0) is 11.5. The van der Waals surface area contributed by atoms with E-state index in [-0.39, 0.29) is 0 Å². The largest absolute Gasteiger partial charge is 0.458 e. The van der Waals surface area contributed by atoms with E-state index < -0.39 is 0 Å². The van der Waals surface area contributed by atoms with Gasteiger partial charge in [-0.15, -0.1) is 0 Å². The van der Waals surface area contributed by atoms with E-state index in [0.29, 0.717) is 17.4 Å². The highest BCUT2D eigenvalue weighted by molar-refractivity contribution is 5.51. The average molecular weight is 218 g/mol. The van der Waals surface area contributed by atoms with Crippen LogP contribution < -0.4 is 11.3 Å². The maximum Gasteiger partial charge on any atom is 0.197 e. The molecule has 0 aliphatic rings.